The quantitative estimate of drug-likeness (QED) is 0.845. The van der Waals surface area contributed by atoms with E-state index in [1.807, 2.05) is 13.8 Å². The van der Waals surface area contributed by atoms with Gasteiger partial charge in [0.15, 0.2) is 11.6 Å². The molecule has 1 N–H and O–H groups in total. The molecule has 0 saturated heterocycles. The van der Waals surface area contributed by atoms with E-state index in [1.165, 1.54) is 6.92 Å². The average Bonchev–Trinajstić information content (AvgIpc) is 2.79. The molecule has 4 nitrogen and oxygen atoms in total. The first-order valence-electron chi connectivity index (χ1n) is 7.44. The van der Waals surface area contributed by atoms with E-state index in [0.717, 1.165) is 0 Å². The van der Waals surface area contributed by atoms with Crippen LogP contribution in [0.5, 0.6) is 0 Å². The Morgan fingerprint density at radius 2 is 1.86 bits per heavy atom. The predicted molar refractivity (Wildman–Crippen MR) is 85.2 cm³/mol. The highest BCUT2D eigenvalue weighted by Gasteiger charge is 2.24. The zero-order valence-corrected chi connectivity index (χ0v) is 13.7. The topological polar surface area (TPSA) is 67.5 Å². The van der Waals surface area contributed by atoms with Crippen molar-refractivity contribution >= 4 is 22.5 Å². The van der Waals surface area contributed by atoms with Gasteiger partial charge in [-0.05, 0) is 44.9 Å². The molecule has 0 amide bonds. The fraction of sp³-hybridized carbons (Fsp3) is 0.444. The fourth-order valence-corrected chi connectivity index (χ4v) is 2.35. The number of rotatable bonds is 5. The molecular formula is C18H22O4. The number of Topliss-reactive ketones (excluding diaryl/α,β-unsaturated/α-hetero) is 2. The highest BCUT2D eigenvalue weighted by Crippen LogP contribution is 2.31. The van der Waals surface area contributed by atoms with Crippen molar-refractivity contribution in [1.29, 1.82) is 0 Å². The third-order valence-electron chi connectivity index (χ3n) is 3.52. The summed E-state index contributed by atoms with van der Waals surface area (Å²) in [6.45, 7) is 8.63. The monoisotopic (exact) mass is 302 g/mol. The van der Waals surface area contributed by atoms with Gasteiger partial charge in [-0.1, -0.05) is 13.8 Å². The molecule has 22 heavy (non-hydrogen) atoms. The maximum absolute atomic E-state index is 12.5. The van der Waals surface area contributed by atoms with Crippen molar-refractivity contribution in [3.63, 3.8) is 0 Å². The molecule has 118 valence electrons. The molecule has 0 spiro atoms. The molecule has 0 unspecified atom stereocenters. The number of carbonyl (C=O) groups is 2. The normalized spacial score (nSPS) is 12.1. The SMILES string of the molecule is CC(=O)c1cc(C(=O)CC(C)C)c2oc(C(C)(C)O)cc2c1. The van der Waals surface area contributed by atoms with Crippen LogP contribution in [0.25, 0.3) is 11.0 Å². The van der Waals surface area contributed by atoms with Crippen LogP contribution in [-0.2, 0) is 5.60 Å². The van der Waals surface area contributed by atoms with Gasteiger partial charge in [0.05, 0.1) is 5.56 Å². The van der Waals surface area contributed by atoms with Crippen molar-refractivity contribution in [3.05, 3.63) is 35.1 Å². The summed E-state index contributed by atoms with van der Waals surface area (Å²) in [4.78, 5) is 24.2. The fourth-order valence-electron chi connectivity index (χ4n) is 2.35. The minimum Gasteiger partial charge on any atom is -0.457 e. The predicted octanol–water partition coefficient (Wildman–Crippen LogP) is 4.09. The highest BCUT2D eigenvalue weighted by atomic mass is 16.4. The number of benzene rings is 1. The van der Waals surface area contributed by atoms with Gasteiger partial charge in [-0.3, -0.25) is 9.59 Å². The van der Waals surface area contributed by atoms with Gasteiger partial charge in [0, 0.05) is 17.4 Å². The van der Waals surface area contributed by atoms with Crippen LogP contribution in [0, 0.1) is 5.92 Å². The van der Waals surface area contributed by atoms with E-state index in [4.69, 9.17) is 4.42 Å². The first-order chi connectivity index (χ1) is 10.1. The van der Waals surface area contributed by atoms with Gasteiger partial charge < -0.3 is 9.52 Å². The van der Waals surface area contributed by atoms with E-state index in [0.29, 0.717) is 34.3 Å². The van der Waals surface area contributed by atoms with Crippen LogP contribution in [-0.4, -0.2) is 16.7 Å². The van der Waals surface area contributed by atoms with E-state index >= 15 is 0 Å². The molecule has 1 aromatic carbocycles. The molecule has 0 aliphatic carbocycles. The third kappa shape index (κ3) is 3.28. The number of fused-ring (bicyclic) bond motifs is 1. The van der Waals surface area contributed by atoms with Crippen molar-refractivity contribution in [2.45, 2.75) is 46.6 Å². The second kappa shape index (κ2) is 5.69. The molecule has 0 aliphatic heterocycles. The van der Waals surface area contributed by atoms with Crippen molar-refractivity contribution < 1.29 is 19.1 Å². The zero-order valence-electron chi connectivity index (χ0n) is 13.7. The Balaban J connectivity index is 2.68. The highest BCUT2D eigenvalue weighted by molar-refractivity contribution is 6.09. The minimum atomic E-state index is -1.15. The summed E-state index contributed by atoms with van der Waals surface area (Å²) in [7, 11) is 0. The Kier molecular flexibility index (Phi) is 4.25. The van der Waals surface area contributed by atoms with Gasteiger partial charge in [0.1, 0.15) is 16.9 Å². The number of hydrogen-bond donors (Lipinski definition) is 1. The van der Waals surface area contributed by atoms with E-state index in [-0.39, 0.29) is 17.5 Å². The van der Waals surface area contributed by atoms with Gasteiger partial charge in [-0.2, -0.15) is 0 Å². The summed E-state index contributed by atoms with van der Waals surface area (Å²) in [5, 5.41) is 10.8. The molecule has 2 rings (SSSR count). The molecule has 4 heteroatoms. The lowest BCUT2D eigenvalue weighted by atomic mass is 9.96. The lowest BCUT2D eigenvalue weighted by Gasteiger charge is -2.12. The van der Waals surface area contributed by atoms with Gasteiger partial charge in [0.25, 0.3) is 0 Å². The molecule has 0 radical (unpaired) electrons. The Hall–Kier alpha value is -1.94. The Morgan fingerprint density at radius 3 is 2.36 bits per heavy atom. The lowest BCUT2D eigenvalue weighted by molar-refractivity contribution is 0.0557. The summed E-state index contributed by atoms with van der Waals surface area (Å²) in [6.07, 6.45) is 0.384. The minimum absolute atomic E-state index is 0.0558. The largest absolute Gasteiger partial charge is 0.457 e. The zero-order chi connectivity index (χ0) is 16.7. The molecule has 1 heterocycles. The smallest absolute Gasteiger partial charge is 0.166 e. The molecule has 0 aliphatic rings. The van der Waals surface area contributed by atoms with E-state index in [2.05, 4.69) is 0 Å². The van der Waals surface area contributed by atoms with Crippen molar-refractivity contribution in [1.82, 2.24) is 0 Å². The molecule has 0 saturated carbocycles. The Bertz CT molecular complexity index is 729. The maximum atomic E-state index is 12.5. The first kappa shape index (κ1) is 16.4. The molecule has 0 bridgehead atoms. The number of furan rings is 1. The second-order valence-electron chi connectivity index (χ2n) is 6.69. The van der Waals surface area contributed by atoms with Crippen LogP contribution in [0.3, 0.4) is 0 Å². The maximum Gasteiger partial charge on any atom is 0.166 e. The lowest BCUT2D eigenvalue weighted by Crippen LogP contribution is -2.13. The second-order valence-corrected chi connectivity index (χ2v) is 6.69. The van der Waals surface area contributed by atoms with Gasteiger partial charge in [-0.15, -0.1) is 0 Å². The Labute approximate surface area is 130 Å². The van der Waals surface area contributed by atoms with Crippen molar-refractivity contribution in [3.8, 4) is 0 Å². The number of aliphatic hydroxyl groups is 1. The van der Waals surface area contributed by atoms with Gasteiger partial charge in [-0.25, -0.2) is 0 Å². The van der Waals surface area contributed by atoms with E-state index < -0.39 is 5.60 Å². The summed E-state index contributed by atoms with van der Waals surface area (Å²) in [6, 6.07) is 4.98. The average molecular weight is 302 g/mol. The molecule has 0 atom stereocenters. The summed E-state index contributed by atoms with van der Waals surface area (Å²) >= 11 is 0. The number of carbonyl (C=O) groups excluding carboxylic acids is 2. The van der Waals surface area contributed by atoms with Crippen molar-refractivity contribution in [2.24, 2.45) is 5.92 Å². The van der Waals surface area contributed by atoms with Crippen LogP contribution < -0.4 is 0 Å². The van der Waals surface area contributed by atoms with E-state index in [9.17, 15) is 14.7 Å². The van der Waals surface area contributed by atoms with E-state index in [1.54, 1.807) is 32.0 Å². The number of ketones is 2. The van der Waals surface area contributed by atoms with Crippen LogP contribution >= 0.6 is 0 Å². The molecule has 0 fully saturated rings. The summed E-state index contributed by atoms with van der Waals surface area (Å²) in [5.74, 6) is 0.431. The Morgan fingerprint density at radius 1 is 1.23 bits per heavy atom. The standard InChI is InChI=1S/C18H22O4/c1-10(2)6-15(20)14-8-12(11(3)19)7-13-9-16(18(4,5)21)22-17(13)14/h7-10,21H,6H2,1-5H3. The number of hydrogen-bond acceptors (Lipinski definition) is 4. The van der Waals surface area contributed by atoms with Gasteiger partial charge in [0.2, 0.25) is 0 Å². The molecular weight excluding hydrogens is 280 g/mol. The van der Waals surface area contributed by atoms with Crippen LogP contribution in [0.4, 0.5) is 0 Å². The molecule has 1 aromatic heterocycles. The molecule has 2 aromatic rings. The summed E-state index contributed by atoms with van der Waals surface area (Å²) in [5.41, 5.74) is 0.177. The van der Waals surface area contributed by atoms with Crippen LogP contribution in [0.1, 0.15) is 67.5 Å². The first-order valence-corrected chi connectivity index (χ1v) is 7.44. The summed E-state index contributed by atoms with van der Waals surface area (Å²) < 4.78 is 5.72. The van der Waals surface area contributed by atoms with Crippen LogP contribution in [0.15, 0.2) is 22.6 Å². The third-order valence-corrected chi connectivity index (χ3v) is 3.52. The van der Waals surface area contributed by atoms with Crippen LogP contribution in [0.2, 0.25) is 0 Å². The van der Waals surface area contributed by atoms with Crippen molar-refractivity contribution in [2.75, 3.05) is 0 Å². The van der Waals surface area contributed by atoms with Gasteiger partial charge >= 0.3 is 0 Å².